The zero-order valence-corrected chi connectivity index (χ0v) is 17.6. The van der Waals surface area contributed by atoms with Crippen molar-refractivity contribution in [2.24, 2.45) is 0 Å². The van der Waals surface area contributed by atoms with Gasteiger partial charge in [0.2, 0.25) is 0 Å². The van der Waals surface area contributed by atoms with Crippen LogP contribution in [0.3, 0.4) is 0 Å². The molecule has 2 rings (SSSR count). The van der Waals surface area contributed by atoms with Crippen LogP contribution in [0.25, 0.3) is 0 Å². The molecule has 0 aromatic carbocycles. The first kappa shape index (κ1) is 21.6. The molecule has 0 aromatic rings. The van der Waals surface area contributed by atoms with Crippen LogP contribution in [0.15, 0.2) is 0 Å². The molecule has 150 valence electrons. The SMILES string of the molecule is O=S1(=O)CCC(NC(=S)OCCCCOC(=S)NC2CCS(=O)(=O)C2)C1. The molecule has 2 saturated heterocycles. The molecule has 0 saturated carbocycles. The van der Waals surface area contributed by atoms with E-state index in [0.29, 0.717) is 38.9 Å². The van der Waals surface area contributed by atoms with E-state index in [4.69, 9.17) is 33.9 Å². The van der Waals surface area contributed by atoms with Crippen LogP contribution in [-0.2, 0) is 29.1 Å². The molecule has 2 fully saturated rings. The molecule has 26 heavy (non-hydrogen) atoms. The summed E-state index contributed by atoms with van der Waals surface area (Å²) in [4.78, 5) is 0. The van der Waals surface area contributed by atoms with Gasteiger partial charge in [0.1, 0.15) is 0 Å². The van der Waals surface area contributed by atoms with E-state index in [1.54, 1.807) is 0 Å². The number of sulfone groups is 2. The second-order valence-corrected chi connectivity index (χ2v) is 11.7. The fourth-order valence-electron chi connectivity index (χ4n) is 2.77. The highest BCUT2D eigenvalue weighted by molar-refractivity contribution is 7.92. The molecule has 8 nitrogen and oxygen atoms in total. The van der Waals surface area contributed by atoms with Crippen LogP contribution in [0.2, 0.25) is 0 Å². The molecule has 0 radical (unpaired) electrons. The monoisotopic (exact) mass is 444 g/mol. The number of rotatable bonds is 7. The highest BCUT2D eigenvalue weighted by Gasteiger charge is 2.29. The Hall–Kier alpha value is -0.720. The molecule has 2 aliphatic rings. The van der Waals surface area contributed by atoms with Crippen molar-refractivity contribution in [2.45, 2.75) is 37.8 Å². The standard InChI is InChI=1S/C14H24N2O6S4/c17-25(18)7-3-11(9-25)15-13(23)21-5-1-2-6-22-14(24)16-12-4-8-26(19,20)10-12/h11-12H,1-10H2,(H,15,23)(H,16,24). The fraction of sp³-hybridized carbons (Fsp3) is 0.857. The quantitative estimate of drug-likeness (QED) is 0.409. The Morgan fingerprint density at radius 3 is 1.50 bits per heavy atom. The summed E-state index contributed by atoms with van der Waals surface area (Å²) in [6.45, 7) is 0.797. The molecule has 2 N–H and O–H groups in total. The van der Waals surface area contributed by atoms with Crippen LogP contribution >= 0.6 is 24.4 Å². The largest absolute Gasteiger partial charge is 0.471 e. The molecule has 0 bridgehead atoms. The van der Waals surface area contributed by atoms with E-state index in [9.17, 15) is 16.8 Å². The maximum Gasteiger partial charge on any atom is 0.256 e. The van der Waals surface area contributed by atoms with Crippen LogP contribution in [-0.4, -0.2) is 75.5 Å². The van der Waals surface area contributed by atoms with Gasteiger partial charge in [-0.1, -0.05) is 0 Å². The van der Waals surface area contributed by atoms with Gasteiger partial charge in [-0.2, -0.15) is 0 Å². The predicted octanol–water partition coefficient (Wildman–Crippen LogP) is -0.0770. The Morgan fingerprint density at radius 1 is 0.808 bits per heavy atom. The van der Waals surface area contributed by atoms with E-state index in [1.165, 1.54) is 0 Å². The lowest BCUT2D eigenvalue weighted by Crippen LogP contribution is -2.36. The Morgan fingerprint density at radius 2 is 1.19 bits per heavy atom. The zero-order chi connectivity index (χ0) is 19.2. The second kappa shape index (κ2) is 9.47. The maximum absolute atomic E-state index is 11.4. The van der Waals surface area contributed by atoms with Gasteiger partial charge >= 0.3 is 0 Å². The molecule has 12 heteroatoms. The summed E-state index contributed by atoms with van der Waals surface area (Å²) >= 11 is 10.1. The third-order valence-corrected chi connectivity index (χ3v) is 8.12. The molecule has 2 unspecified atom stereocenters. The van der Waals surface area contributed by atoms with Gasteiger partial charge in [0.15, 0.2) is 19.7 Å². The van der Waals surface area contributed by atoms with Crippen LogP contribution in [0.1, 0.15) is 25.7 Å². The normalized spacial score (nSPS) is 26.2. The molecule has 0 spiro atoms. The van der Waals surface area contributed by atoms with Gasteiger partial charge < -0.3 is 20.1 Å². The second-order valence-electron chi connectivity index (χ2n) is 6.47. The van der Waals surface area contributed by atoms with Gasteiger partial charge in [0.25, 0.3) is 10.3 Å². The van der Waals surface area contributed by atoms with Gasteiger partial charge in [-0.05, 0) is 50.1 Å². The Bertz CT molecular complexity index is 660. The van der Waals surface area contributed by atoms with Crippen molar-refractivity contribution >= 4 is 54.5 Å². The number of nitrogens with one attached hydrogen (secondary N) is 2. The van der Waals surface area contributed by atoms with E-state index in [1.807, 2.05) is 0 Å². The van der Waals surface area contributed by atoms with Crippen LogP contribution in [0, 0.1) is 0 Å². The van der Waals surface area contributed by atoms with Gasteiger partial charge in [-0.3, -0.25) is 0 Å². The molecule has 0 aromatic heterocycles. The van der Waals surface area contributed by atoms with Gasteiger partial charge in [-0.15, -0.1) is 0 Å². The summed E-state index contributed by atoms with van der Waals surface area (Å²) in [5, 5.41) is 6.25. The van der Waals surface area contributed by atoms with Gasteiger partial charge in [0, 0.05) is 12.1 Å². The zero-order valence-electron chi connectivity index (χ0n) is 14.3. The summed E-state index contributed by atoms with van der Waals surface area (Å²) in [5.41, 5.74) is 0. The summed E-state index contributed by atoms with van der Waals surface area (Å²) in [5.74, 6) is 0.560. The van der Waals surface area contributed by atoms with Crippen molar-refractivity contribution in [2.75, 3.05) is 36.2 Å². The molecule has 2 atom stereocenters. The van der Waals surface area contributed by atoms with E-state index < -0.39 is 19.7 Å². The Balaban J connectivity index is 1.47. The smallest absolute Gasteiger partial charge is 0.256 e. The number of thiocarbonyl (C=S) groups is 2. The predicted molar refractivity (Wildman–Crippen MR) is 107 cm³/mol. The molecule has 0 aliphatic carbocycles. The van der Waals surface area contributed by atoms with Crippen molar-refractivity contribution in [3.05, 3.63) is 0 Å². The lowest BCUT2D eigenvalue weighted by Gasteiger charge is -2.15. The summed E-state index contributed by atoms with van der Waals surface area (Å²) in [7, 11) is -5.89. The minimum Gasteiger partial charge on any atom is -0.471 e. The third kappa shape index (κ3) is 7.89. The van der Waals surface area contributed by atoms with Crippen LogP contribution in [0.4, 0.5) is 0 Å². The average Bonchev–Trinajstić information content (AvgIpc) is 3.04. The van der Waals surface area contributed by atoms with Crippen molar-refractivity contribution < 1.29 is 26.3 Å². The lowest BCUT2D eigenvalue weighted by atomic mass is 10.3. The number of ether oxygens (including phenoxy) is 2. The van der Waals surface area contributed by atoms with Crippen molar-refractivity contribution in [3.8, 4) is 0 Å². The van der Waals surface area contributed by atoms with Crippen LogP contribution < -0.4 is 10.6 Å². The topological polar surface area (TPSA) is 111 Å². The number of unbranched alkanes of at least 4 members (excludes halogenated alkanes) is 1. The Kier molecular flexibility index (Phi) is 7.86. The number of hydrogen-bond donors (Lipinski definition) is 2. The molecule has 0 amide bonds. The van der Waals surface area contributed by atoms with Crippen LogP contribution in [0.5, 0.6) is 0 Å². The van der Waals surface area contributed by atoms with E-state index >= 15 is 0 Å². The average molecular weight is 445 g/mol. The van der Waals surface area contributed by atoms with E-state index in [0.717, 1.165) is 0 Å². The maximum atomic E-state index is 11.4. The Labute approximate surface area is 165 Å². The highest BCUT2D eigenvalue weighted by atomic mass is 32.2. The first-order valence-corrected chi connectivity index (χ1v) is 12.9. The minimum atomic E-state index is -2.94. The highest BCUT2D eigenvalue weighted by Crippen LogP contribution is 2.12. The summed E-state index contributed by atoms with van der Waals surface area (Å²) in [6.07, 6.45) is 2.50. The first-order chi connectivity index (χ1) is 12.2. The van der Waals surface area contributed by atoms with Crippen molar-refractivity contribution in [1.82, 2.24) is 10.6 Å². The lowest BCUT2D eigenvalue weighted by molar-refractivity contribution is 0.246. The first-order valence-electron chi connectivity index (χ1n) is 8.43. The van der Waals surface area contributed by atoms with Crippen molar-refractivity contribution in [3.63, 3.8) is 0 Å². The van der Waals surface area contributed by atoms with Gasteiger partial charge in [-0.25, -0.2) is 16.8 Å². The fourth-order valence-corrected chi connectivity index (χ4v) is 6.61. The van der Waals surface area contributed by atoms with E-state index in [2.05, 4.69) is 10.6 Å². The molecule has 2 heterocycles. The number of hydrogen-bond acceptors (Lipinski definition) is 8. The minimum absolute atomic E-state index is 0.0943. The van der Waals surface area contributed by atoms with Gasteiger partial charge in [0.05, 0.1) is 36.2 Å². The molecular formula is C14H24N2O6S4. The van der Waals surface area contributed by atoms with E-state index in [-0.39, 0.29) is 45.4 Å². The third-order valence-electron chi connectivity index (χ3n) is 4.11. The molecular weight excluding hydrogens is 420 g/mol. The summed E-state index contributed by atoms with van der Waals surface area (Å²) < 4.78 is 56.2. The molecule has 2 aliphatic heterocycles. The summed E-state index contributed by atoms with van der Waals surface area (Å²) in [6, 6.07) is -0.336. The van der Waals surface area contributed by atoms with Crippen molar-refractivity contribution in [1.29, 1.82) is 0 Å².